The molecule has 0 radical (unpaired) electrons. The molecular weight excluding hydrogens is 388 g/mol. The van der Waals surface area contributed by atoms with Gasteiger partial charge in [0.15, 0.2) is 5.96 Å². The number of nitrogens with zero attached hydrogens (tertiary/aromatic N) is 1. The average molecular weight is 411 g/mol. The molecule has 0 aliphatic rings. The van der Waals surface area contributed by atoms with Crippen LogP contribution in [-0.2, 0) is 4.74 Å². The van der Waals surface area contributed by atoms with Crippen LogP contribution in [0.25, 0.3) is 0 Å². The minimum Gasteiger partial charge on any atom is -0.492 e. The largest absolute Gasteiger partial charge is 0.492 e. The first-order chi connectivity index (χ1) is 9.76. The van der Waals surface area contributed by atoms with Crippen LogP contribution < -0.4 is 15.4 Å². The topological polar surface area (TPSA) is 54.9 Å². The standard InChI is InChI=1S/C14H22FN3O2.HI/c1-3-16-14(17-7-9-19-2)18-8-10-20-13-6-4-5-12(15)11-13;/h4-6,11H,3,7-10H2,1-2H3,(H2,16,17,18);1H. The molecular formula is C14H23FIN3O2. The smallest absolute Gasteiger partial charge is 0.191 e. The van der Waals surface area contributed by atoms with E-state index in [2.05, 4.69) is 15.6 Å². The Morgan fingerprint density at radius 2 is 2.10 bits per heavy atom. The van der Waals surface area contributed by atoms with E-state index in [0.717, 1.165) is 6.54 Å². The van der Waals surface area contributed by atoms with Gasteiger partial charge >= 0.3 is 0 Å². The van der Waals surface area contributed by atoms with E-state index in [1.807, 2.05) is 6.92 Å². The molecule has 0 saturated carbocycles. The van der Waals surface area contributed by atoms with E-state index in [1.54, 1.807) is 19.2 Å². The molecule has 0 amide bonds. The van der Waals surface area contributed by atoms with Crippen LogP contribution >= 0.6 is 24.0 Å². The van der Waals surface area contributed by atoms with E-state index in [9.17, 15) is 4.39 Å². The fraction of sp³-hybridized carbons (Fsp3) is 0.500. The van der Waals surface area contributed by atoms with Crippen molar-refractivity contribution in [3.63, 3.8) is 0 Å². The number of nitrogens with one attached hydrogen (secondary N) is 2. The second-order valence-electron chi connectivity index (χ2n) is 3.99. The number of rotatable bonds is 8. The fourth-order valence-corrected chi connectivity index (χ4v) is 1.49. The number of hydrogen-bond donors (Lipinski definition) is 2. The van der Waals surface area contributed by atoms with Crippen molar-refractivity contribution in [3.8, 4) is 5.75 Å². The second kappa shape index (κ2) is 12.6. The second-order valence-corrected chi connectivity index (χ2v) is 3.99. The van der Waals surface area contributed by atoms with Gasteiger partial charge in [-0.3, -0.25) is 4.99 Å². The van der Waals surface area contributed by atoms with Crippen molar-refractivity contribution in [1.82, 2.24) is 10.6 Å². The summed E-state index contributed by atoms with van der Waals surface area (Å²) in [6.45, 7) is 4.96. The van der Waals surface area contributed by atoms with Gasteiger partial charge in [-0.25, -0.2) is 4.39 Å². The summed E-state index contributed by atoms with van der Waals surface area (Å²) in [5, 5.41) is 6.25. The summed E-state index contributed by atoms with van der Waals surface area (Å²) in [7, 11) is 1.64. The van der Waals surface area contributed by atoms with Crippen LogP contribution in [0.4, 0.5) is 4.39 Å². The number of benzene rings is 1. The summed E-state index contributed by atoms with van der Waals surface area (Å²) < 4.78 is 23.3. The molecule has 0 aliphatic carbocycles. The fourth-order valence-electron chi connectivity index (χ4n) is 1.49. The van der Waals surface area contributed by atoms with E-state index in [-0.39, 0.29) is 29.8 Å². The highest BCUT2D eigenvalue weighted by molar-refractivity contribution is 14.0. The van der Waals surface area contributed by atoms with Gasteiger partial charge in [0.05, 0.1) is 19.7 Å². The predicted molar refractivity (Wildman–Crippen MR) is 93.2 cm³/mol. The molecule has 5 nitrogen and oxygen atoms in total. The van der Waals surface area contributed by atoms with Crippen LogP contribution in [0.1, 0.15) is 6.92 Å². The normalized spacial score (nSPS) is 10.7. The van der Waals surface area contributed by atoms with Crippen molar-refractivity contribution >= 4 is 29.9 Å². The van der Waals surface area contributed by atoms with Crippen molar-refractivity contribution in [2.45, 2.75) is 6.92 Å². The van der Waals surface area contributed by atoms with E-state index >= 15 is 0 Å². The van der Waals surface area contributed by atoms with Gasteiger partial charge in [-0.05, 0) is 19.1 Å². The highest BCUT2D eigenvalue weighted by Gasteiger charge is 1.98. The Hall–Kier alpha value is -1.09. The molecule has 0 spiro atoms. The molecule has 0 heterocycles. The SMILES string of the molecule is CCNC(=NCCOC)NCCOc1cccc(F)c1.I. The molecule has 1 aromatic carbocycles. The first-order valence-electron chi connectivity index (χ1n) is 6.65. The molecule has 0 aromatic heterocycles. The maximum Gasteiger partial charge on any atom is 0.191 e. The quantitative estimate of drug-likeness (QED) is 0.298. The van der Waals surface area contributed by atoms with Gasteiger partial charge < -0.3 is 20.1 Å². The number of halogens is 2. The molecule has 2 N–H and O–H groups in total. The Morgan fingerprint density at radius 1 is 1.29 bits per heavy atom. The molecule has 0 unspecified atom stereocenters. The third-order valence-corrected chi connectivity index (χ3v) is 2.37. The van der Waals surface area contributed by atoms with Crippen LogP contribution in [0.15, 0.2) is 29.3 Å². The number of ether oxygens (including phenoxy) is 2. The number of hydrogen-bond acceptors (Lipinski definition) is 3. The summed E-state index contributed by atoms with van der Waals surface area (Å²) in [6, 6.07) is 6.09. The molecule has 120 valence electrons. The van der Waals surface area contributed by atoms with Crippen molar-refractivity contribution in [2.24, 2.45) is 4.99 Å². The van der Waals surface area contributed by atoms with Gasteiger partial charge in [0, 0.05) is 19.7 Å². The summed E-state index contributed by atoms with van der Waals surface area (Å²) in [4.78, 5) is 4.32. The van der Waals surface area contributed by atoms with Crippen LogP contribution in [-0.4, -0.2) is 45.9 Å². The maximum absolute atomic E-state index is 12.9. The third-order valence-electron chi connectivity index (χ3n) is 2.37. The van der Waals surface area contributed by atoms with Crippen LogP contribution in [0, 0.1) is 5.82 Å². The van der Waals surface area contributed by atoms with Gasteiger partial charge in [0.2, 0.25) is 0 Å². The van der Waals surface area contributed by atoms with E-state index in [1.165, 1.54) is 12.1 Å². The monoisotopic (exact) mass is 411 g/mol. The Bertz CT molecular complexity index is 419. The van der Waals surface area contributed by atoms with Crippen LogP contribution in [0.3, 0.4) is 0 Å². The molecule has 1 aromatic rings. The highest BCUT2D eigenvalue weighted by atomic mass is 127. The summed E-state index contributed by atoms with van der Waals surface area (Å²) in [5.74, 6) is 0.936. The Morgan fingerprint density at radius 3 is 2.76 bits per heavy atom. The Kier molecular flexibility index (Phi) is 12.0. The van der Waals surface area contributed by atoms with Gasteiger partial charge in [-0.1, -0.05) is 6.07 Å². The molecule has 1 rings (SSSR count). The average Bonchev–Trinajstić information content (AvgIpc) is 2.44. The first kappa shape index (κ1) is 19.9. The van der Waals surface area contributed by atoms with Gasteiger partial charge in [0.1, 0.15) is 18.2 Å². The highest BCUT2D eigenvalue weighted by Crippen LogP contribution is 2.11. The minimum atomic E-state index is -0.301. The van der Waals surface area contributed by atoms with Crippen molar-refractivity contribution in [3.05, 3.63) is 30.1 Å². The third kappa shape index (κ3) is 9.46. The van der Waals surface area contributed by atoms with E-state index in [4.69, 9.17) is 9.47 Å². The molecule has 0 saturated heterocycles. The Balaban J connectivity index is 0.00000400. The number of methoxy groups -OCH3 is 1. The lowest BCUT2D eigenvalue weighted by Crippen LogP contribution is -2.39. The Labute approximate surface area is 142 Å². The predicted octanol–water partition coefficient (Wildman–Crippen LogP) is 2.02. The summed E-state index contributed by atoms with van der Waals surface area (Å²) in [5.41, 5.74) is 0. The first-order valence-corrected chi connectivity index (χ1v) is 6.65. The van der Waals surface area contributed by atoms with E-state index < -0.39 is 0 Å². The lowest BCUT2D eigenvalue weighted by Gasteiger charge is -2.12. The number of aliphatic imine (C=N–C) groups is 1. The zero-order valence-electron chi connectivity index (χ0n) is 12.4. The summed E-state index contributed by atoms with van der Waals surface area (Å²) in [6.07, 6.45) is 0. The molecule has 0 fully saturated rings. The van der Waals surface area contributed by atoms with Crippen molar-refractivity contribution in [1.29, 1.82) is 0 Å². The molecule has 21 heavy (non-hydrogen) atoms. The number of guanidine groups is 1. The zero-order valence-corrected chi connectivity index (χ0v) is 14.7. The van der Waals surface area contributed by atoms with E-state index in [0.29, 0.717) is 38.0 Å². The maximum atomic E-state index is 12.9. The molecule has 0 atom stereocenters. The van der Waals surface area contributed by atoms with Gasteiger partial charge in [-0.2, -0.15) is 0 Å². The lowest BCUT2D eigenvalue weighted by molar-refractivity contribution is 0.208. The van der Waals surface area contributed by atoms with Gasteiger partial charge in [0.25, 0.3) is 0 Å². The lowest BCUT2D eigenvalue weighted by atomic mass is 10.3. The zero-order chi connectivity index (χ0) is 14.6. The minimum absolute atomic E-state index is 0. The molecule has 0 aliphatic heterocycles. The van der Waals surface area contributed by atoms with Crippen LogP contribution in [0.2, 0.25) is 0 Å². The van der Waals surface area contributed by atoms with Crippen molar-refractivity contribution < 1.29 is 13.9 Å². The molecule has 7 heteroatoms. The van der Waals surface area contributed by atoms with Gasteiger partial charge in [-0.15, -0.1) is 24.0 Å². The van der Waals surface area contributed by atoms with Crippen molar-refractivity contribution in [2.75, 3.05) is 40.0 Å². The summed E-state index contributed by atoms with van der Waals surface area (Å²) >= 11 is 0. The molecule has 0 bridgehead atoms. The van der Waals surface area contributed by atoms with Crippen LogP contribution in [0.5, 0.6) is 5.75 Å².